The first-order valence-electron chi connectivity index (χ1n) is 6.77. The Bertz CT molecular complexity index is 636. The van der Waals surface area contributed by atoms with Crippen LogP contribution in [0.25, 0.3) is 0 Å². The molecular weight excluding hydrogens is 250 g/mol. The second-order valence-corrected chi connectivity index (χ2v) is 5.40. The summed E-state index contributed by atoms with van der Waals surface area (Å²) in [4.78, 5) is 8.65. The van der Waals surface area contributed by atoms with Crippen molar-refractivity contribution in [1.29, 1.82) is 0 Å². The number of ether oxygens (including phenoxy) is 1. The van der Waals surface area contributed by atoms with Crippen LogP contribution in [-0.4, -0.2) is 9.97 Å². The van der Waals surface area contributed by atoms with Crippen molar-refractivity contribution in [1.82, 2.24) is 9.97 Å². The van der Waals surface area contributed by atoms with Gasteiger partial charge in [-0.2, -0.15) is 4.98 Å². The second-order valence-electron chi connectivity index (χ2n) is 5.40. The largest absolute Gasteiger partial charge is 0.438 e. The van der Waals surface area contributed by atoms with E-state index in [-0.39, 0.29) is 5.92 Å². The minimum absolute atomic E-state index is 0.209. The van der Waals surface area contributed by atoms with Crippen LogP contribution in [0.5, 0.6) is 11.6 Å². The van der Waals surface area contributed by atoms with Crippen LogP contribution in [0.3, 0.4) is 0 Å². The number of rotatable bonds is 3. The first-order valence-corrected chi connectivity index (χ1v) is 6.77. The molecule has 0 fully saturated rings. The highest BCUT2D eigenvalue weighted by atomic mass is 16.5. The molecule has 2 aromatic rings. The topological polar surface area (TPSA) is 61.0 Å². The van der Waals surface area contributed by atoms with Crippen LogP contribution in [-0.2, 0) is 0 Å². The number of hydrogen-bond acceptors (Lipinski definition) is 4. The van der Waals surface area contributed by atoms with Gasteiger partial charge in [0.05, 0.1) is 0 Å². The molecule has 0 aliphatic heterocycles. The maximum atomic E-state index is 5.96. The molecule has 0 atom stereocenters. The molecule has 2 rings (SSSR count). The summed E-state index contributed by atoms with van der Waals surface area (Å²) in [5.74, 6) is 2.68. The zero-order chi connectivity index (χ0) is 14.9. The second kappa shape index (κ2) is 5.49. The smallest absolute Gasteiger partial charge is 0.224 e. The van der Waals surface area contributed by atoms with Gasteiger partial charge in [0, 0.05) is 12.0 Å². The average Bonchev–Trinajstić information content (AvgIpc) is 2.38. The lowest BCUT2D eigenvalue weighted by Gasteiger charge is -2.14. The number of nitrogens with two attached hydrogens (primary N) is 1. The molecule has 0 bridgehead atoms. The summed E-state index contributed by atoms with van der Waals surface area (Å²) in [7, 11) is 0. The lowest BCUT2D eigenvalue weighted by Crippen LogP contribution is -2.04. The maximum Gasteiger partial charge on any atom is 0.224 e. The lowest BCUT2D eigenvalue weighted by molar-refractivity contribution is 0.450. The van der Waals surface area contributed by atoms with Gasteiger partial charge in [-0.15, -0.1) is 0 Å². The van der Waals surface area contributed by atoms with Crippen molar-refractivity contribution in [3.8, 4) is 11.6 Å². The van der Waals surface area contributed by atoms with Crippen LogP contribution in [0.4, 0.5) is 5.82 Å². The van der Waals surface area contributed by atoms with Crippen molar-refractivity contribution in [2.75, 3.05) is 5.73 Å². The van der Waals surface area contributed by atoms with Gasteiger partial charge in [-0.1, -0.05) is 26.0 Å². The molecule has 1 aromatic heterocycles. The summed E-state index contributed by atoms with van der Waals surface area (Å²) in [6.07, 6.45) is 0. The molecule has 106 valence electrons. The molecule has 4 nitrogen and oxygen atoms in total. The molecule has 2 N–H and O–H groups in total. The molecule has 0 radical (unpaired) electrons. The summed E-state index contributed by atoms with van der Waals surface area (Å²) >= 11 is 0. The van der Waals surface area contributed by atoms with E-state index >= 15 is 0 Å². The van der Waals surface area contributed by atoms with Crippen molar-refractivity contribution >= 4 is 5.82 Å². The maximum absolute atomic E-state index is 5.96. The van der Waals surface area contributed by atoms with Crippen LogP contribution < -0.4 is 10.5 Å². The van der Waals surface area contributed by atoms with Crippen LogP contribution in [0, 0.1) is 20.8 Å². The van der Waals surface area contributed by atoms with E-state index in [0.717, 1.165) is 16.9 Å². The number of aromatic nitrogens is 2. The van der Waals surface area contributed by atoms with Crippen LogP contribution in [0.1, 0.15) is 42.3 Å². The zero-order valence-corrected chi connectivity index (χ0v) is 12.7. The summed E-state index contributed by atoms with van der Waals surface area (Å²) in [5.41, 5.74) is 9.22. The van der Waals surface area contributed by atoms with Crippen molar-refractivity contribution in [3.63, 3.8) is 0 Å². The standard InChI is InChI=1S/C16H21N3O/c1-9(2)16-18-13(17)8-14(19-16)20-15-11(4)7-6-10(3)12(15)5/h6-9H,1-5H3,(H2,17,18,19). The number of benzene rings is 1. The predicted molar refractivity (Wildman–Crippen MR) is 81.3 cm³/mol. The number of nitrogens with zero attached hydrogens (tertiary/aromatic N) is 2. The van der Waals surface area contributed by atoms with E-state index < -0.39 is 0 Å². The Kier molecular flexibility index (Phi) is 3.93. The van der Waals surface area contributed by atoms with E-state index in [4.69, 9.17) is 10.5 Å². The fraction of sp³-hybridized carbons (Fsp3) is 0.375. The molecular formula is C16H21N3O. The van der Waals surface area contributed by atoms with Crippen LogP contribution in [0.2, 0.25) is 0 Å². The van der Waals surface area contributed by atoms with Gasteiger partial charge in [0.25, 0.3) is 0 Å². The van der Waals surface area contributed by atoms with Gasteiger partial charge in [0.15, 0.2) is 0 Å². The molecule has 0 unspecified atom stereocenters. The van der Waals surface area contributed by atoms with E-state index in [1.807, 2.05) is 33.8 Å². The third-order valence-electron chi connectivity index (χ3n) is 3.34. The minimum Gasteiger partial charge on any atom is -0.438 e. The van der Waals surface area contributed by atoms with Gasteiger partial charge in [0.1, 0.15) is 17.4 Å². The highest BCUT2D eigenvalue weighted by Gasteiger charge is 2.11. The van der Waals surface area contributed by atoms with Crippen molar-refractivity contribution in [3.05, 3.63) is 40.7 Å². The monoisotopic (exact) mass is 271 g/mol. The molecule has 0 saturated carbocycles. The van der Waals surface area contributed by atoms with E-state index in [1.165, 1.54) is 5.56 Å². The van der Waals surface area contributed by atoms with Gasteiger partial charge < -0.3 is 10.5 Å². The van der Waals surface area contributed by atoms with Gasteiger partial charge in [-0.05, 0) is 37.5 Å². The first-order chi connectivity index (χ1) is 9.38. The Balaban J connectivity index is 2.43. The molecule has 0 aliphatic carbocycles. The summed E-state index contributed by atoms with van der Waals surface area (Å²) in [6, 6.07) is 5.80. The predicted octanol–water partition coefficient (Wildman–Crippen LogP) is 3.90. The molecule has 4 heteroatoms. The highest BCUT2D eigenvalue weighted by Crippen LogP contribution is 2.30. The third kappa shape index (κ3) is 2.90. The van der Waals surface area contributed by atoms with Gasteiger partial charge in [-0.3, -0.25) is 0 Å². The highest BCUT2D eigenvalue weighted by molar-refractivity contribution is 5.47. The molecule has 20 heavy (non-hydrogen) atoms. The number of anilines is 1. The van der Waals surface area contributed by atoms with E-state index in [9.17, 15) is 0 Å². The Morgan fingerprint density at radius 2 is 1.70 bits per heavy atom. The Labute approximate surface area is 120 Å². The quantitative estimate of drug-likeness (QED) is 0.919. The zero-order valence-electron chi connectivity index (χ0n) is 12.7. The van der Waals surface area contributed by atoms with Crippen molar-refractivity contribution in [2.24, 2.45) is 0 Å². The Morgan fingerprint density at radius 3 is 2.35 bits per heavy atom. The van der Waals surface area contributed by atoms with E-state index in [0.29, 0.717) is 17.5 Å². The van der Waals surface area contributed by atoms with Gasteiger partial charge in [0.2, 0.25) is 5.88 Å². The average molecular weight is 271 g/mol. The van der Waals surface area contributed by atoms with Gasteiger partial charge >= 0.3 is 0 Å². The van der Waals surface area contributed by atoms with E-state index in [1.54, 1.807) is 6.07 Å². The fourth-order valence-corrected chi connectivity index (χ4v) is 1.96. The molecule has 0 spiro atoms. The molecule has 0 saturated heterocycles. The first kappa shape index (κ1) is 14.3. The summed E-state index contributed by atoms with van der Waals surface area (Å²) in [5, 5.41) is 0. The number of aryl methyl sites for hydroxylation is 2. The van der Waals surface area contributed by atoms with Gasteiger partial charge in [-0.25, -0.2) is 4.98 Å². The summed E-state index contributed by atoms with van der Waals surface area (Å²) < 4.78 is 5.96. The molecule has 1 heterocycles. The van der Waals surface area contributed by atoms with E-state index in [2.05, 4.69) is 23.0 Å². The van der Waals surface area contributed by atoms with Crippen LogP contribution >= 0.6 is 0 Å². The van der Waals surface area contributed by atoms with Crippen molar-refractivity contribution in [2.45, 2.75) is 40.5 Å². The number of hydrogen-bond donors (Lipinski definition) is 1. The molecule has 0 aliphatic rings. The molecule has 1 aromatic carbocycles. The lowest BCUT2D eigenvalue weighted by atomic mass is 10.1. The van der Waals surface area contributed by atoms with Crippen molar-refractivity contribution < 1.29 is 4.74 Å². The third-order valence-corrected chi connectivity index (χ3v) is 3.34. The Hall–Kier alpha value is -2.10. The minimum atomic E-state index is 0.209. The SMILES string of the molecule is Cc1ccc(C)c(Oc2cc(N)nc(C(C)C)n2)c1C. The normalized spacial score (nSPS) is 10.9. The summed E-state index contributed by atoms with van der Waals surface area (Å²) in [6.45, 7) is 10.2. The Morgan fingerprint density at radius 1 is 1.05 bits per heavy atom. The fourth-order valence-electron chi connectivity index (χ4n) is 1.96. The molecule has 0 amide bonds. The van der Waals surface area contributed by atoms with Crippen LogP contribution in [0.15, 0.2) is 18.2 Å². The number of nitrogen functional groups attached to an aromatic ring is 1.